The predicted molar refractivity (Wildman–Crippen MR) is 203 cm³/mol. The highest BCUT2D eigenvalue weighted by Gasteiger charge is 2.21. The Kier molecular flexibility index (Phi) is 11.3. The molecule has 0 unspecified atom stereocenters. The fourth-order valence-electron chi connectivity index (χ4n) is 6.55. The maximum Gasteiger partial charge on any atom is 0.236 e. The second-order valence-electron chi connectivity index (χ2n) is 13.7. The first-order valence-corrected chi connectivity index (χ1v) is 18.3. The molecule has 12 heteroatoms. The number of hydrogen-bond acceptors (Lipinski definition) is 8. The summed E-state index contributed by atoms with van der Waals surface area (Å²) in [6, 6.07) is 20.6. The van der Waals surface area contributed by atoms with Gasteiger partial charge in [0, 0.05) is 75.2 Å². The van der Waals surface area contributed by atoms with Crippen LogP contribution in [0.2, 0.25) is 0 Å². The van der Waals surface area contributed by atoms with Crippen LogP contribution in [0.4, 0.5) is 20.4 Å². The first kappa shape index (κ1) is 35.5. The summed E-state index contributed by atoms with van der Waals surface area (Å²) in [7, 11) is 0. The third kappa shape index (κ3) is 8.91. The van der Waals surface area contributed by atoms with Gasteiger partial charge in [-0.2, -0.15) is 9.97 Å². The zero-order valence-electron chi connectivity index (χ0n) is 30.0. The van der Waals surface area contributed by atoms with E-state index in [1.54, 1.807) is 0 Å². The summed E-state index contributed by atoms with van der Waals surface area (Å²) in [5.74, 6) is 3.12. The van der Waals surface area contributed by atoms with Crippen molar-refractivity contribution < 1.29 is 13.5 Å². The van der Waals surface area contributed by atoms with E-state index in [1.807, 2.05) is 51.8 Å². The van der Waals surface area contributed by atoms with Crippen molar-refractivity contribution >= 4 is 23.2 Å². The second kappa shape index (κ2) is 16.6. The number of halogens is 2. The molecule has 3 aliphatic heterocycles. The number of hydrogen-bond donors (Lipinski definition) is 1. The van der Waals surface area contributed by atoms with Gasteiger partial charge in [-0.3, -0.25) is 8.80 Å². The summed E-state index contributed by atoms with van der Waals surface area (Å²) < 4.78 is 35.4. The Morgan fingerprint density at radius 3 is 1.60 bits per heavy atom. The van der Waals surface area contributed by atoms with Crippen molar-refractivity contribution in [2.45, 2.75) is 51.9 Å². The molecule has 0 radical (unpaired) electrons. The summed E-state index contributed by atoms with van der Waals surface area (Å²) in [6.07, 6.45) is 8.91. The molecule has 272 valence electrons. The minimum Gasteiger partial charge on any atom is -0.379 e. The van der Waals surface area contributed by atoms with Crippen molar-refractivity contribution in [3.8, 4) is 22.5 Å². The highest BCUT2D eigenvalue weighted by molar-refractivity contribution is 5.63. The number of aryl methyl sites for hydroxylation is 2. The Labute approximate surface area is 303 Å². The van der Waals surface area contributed by atoms with Crippen molar-refractivity contribution in [3.63, 3.8) is 0 Å². The number of fused-ring (bicyclic) bond motifs is 2. The van der Waals surface area contributed by atoms with Crippen LogP contribution < -0.4 is 15.1 Å². The fourth-order valence-corrected chi connectivity index (χ4v) is 6.55. The standard InChI is InChI=1S/2C18H19FN4.C4H9NO/c1-13-2-4-14(5-3-13)16-12-23-11-8-17(21-18(23)20-16)22-9-6-15(19)7-10-22;1-13-3-2-4-14(11-13)16-12-23-10-7-17(21-18(23)20-16)22-8-5-15(19)6-9-22;1-3-6-4-2-5-1/h2-5,8,11-12,15H,6-7,9-10H2,1H3;2-4,7,10-12,15H,5-6,8-9H2,1H3;5H,1-4H2. The number of nitrogens with zero attached hydrogens (tertiary/aromatic N) is 8. The molecule has 1 N–H and O–H groups in total. The highest BCUT2D eigenvalue weighted by Crippen LogP contribution is 2.25. The maximum absolute atomic E-state index is 13.3. The molecule has 2 aromatic carbocycles. The van der Waals surface area contributed by atoms with Crippen molar-refractivity contribution in [2.75, 3.05) is 62.3 Å². The quantitative estimate of drug-likeness (QED) is 0.212. The van der Waals surface area contributed by atoms with Crippen LogP contribution in [0.15, 0.2) is 85.5 Å². The van der Waals surface area contributed by atoms with E-state index in [1.165, 1.54) is 11.1 Å². The SMILES string of the molecule is C1COCCN1.Cc1ccc(-c2cn3ccc(N4CCC(F)CC4)nc3n2)cc1.Cc1cccc(-c2cn3ccc(N4CCC(F)CC4)nc3n2)c1. The van der Waals surface area contributed by atoms with Crippen LogP contribution >= 0.6 is 0 Å². The Bertz CT molecular complexity index is 2030. The van der Waals surface area contributed by atoms with E-state index in [0.29, 0.717) is 37.2 Å². The van der Waals surface area contributed by atoms with E-state index in [9.17, 15) is 8.78 Å². The minimum atomic E-state index is -0.672. The molecule has 0 atom stereocenters. The Balaban J connectivity index is 0.000000139. The number of piperidine rings is 2. The van der Waals surface area contributed by atoms with Crippen LogP contribution in [0.3, 0.4) is 0 Å². The number of alkyl halides is 2. The Hall–Kier alpha value is -4.94. The molecule has 9 rings (SSSR count). The van der Waals surface area contributed by atoms with Crippen LogP contribution in [-0.2, 0) is 4.74 Å². The number of aromatic nitrogens is 6. The lowest BCUT2D eigenvalue weighted by Gasteiger charge is -2.29. The normalized spacial score (nSPS) is 17.1. The second-order valence-corrected chi connectivity index (χ2v) is 13.7. The summed E-state index contributed by atoms with van der Waals surface area (Å²) >= 11 is 0. The van der Waals surface area contributed by atoms with Gasteiger partial charge in [0.15, 0.2) is 0 Å². The van der Waals surface area contributed by atoms with Gasteiger partial charge < -0.3 is 19.9 Å². The molecule has 3 saturated heterocycles. The lowest BCUT2D eigenvalue weighted by Crippen LogP contribution is -2.34. The van der Waals surface area contributed by atoms with Crippen molar-refractivity contribution in [2.24, 2.45) is 0 Å². The van der Waals surface area contributed by atoms with Crippen LogP contribution in [0.5, 0.6) is 0 Å². The lowest BCUT2D eigenvalue weighted by atomic mass is 10.1. The molecule has 0 aliphatic carbocycles. The van der Waals surface area contributed by atoms with E-state index in [4.69, 9.17) is 4.74 Å². The molecular weight excluding hydrogens is 660 g/mol. The largest absolute Gasteiger partial charge is 0.379 e. The van der Waals surface area contributed by atoms with Crippen LogP contribution in [0, 0.1) is 13.8 Å². The van der Waals surface area contributed by atoms with Crippen LogP contribution in [0.25, 0.3) is 34.1 Å². The van der Waals surface area contributed by atoms with Gasteiger partial charge in [-0.05, 0) is 57.7 Å². The molecule has 3 aliphatic rings. The van der Waals surface area contributed by atoms with Gasteiger partial charge in [0.05, 0.1) is 24.6 Å². The molecule has 7 heterocycles. The fraction of sp³-hybridized carbons (Fsp3) is 0.400. The first-order valence-electron chi connectivity index (χ1n) is 18.3. The highest BCUT2D eigenvalue weighted by atomic mass is 19.1. The van der Waals surface area contributed by atoms with Gasteiger partial charge >= 0.3 is 0 Å². The maximum atomic E-state index is 13.3. The molecule has 0 bridgehead atoms. The number of anilines is 2. The molecule has 10 nitrogen and oxygen atoms in total. The zero-order valence-corrected chi connectivity index (χ0v) is 30.0. The molecule has 3 fully saturated rings. The minimum absolute atomic E-state index is 0.579. The van der Waals surface area contributed by atoms with E-state index in [0.717, 1.165) is 86.6 Å². The number of imidazole rings is 2. The third-order valence-corrected chi connectivity index (χ3v) is 9.63. The molecule has 0 spiro atoms. The van der Waals surface area contributed by atoms with Gasteiger partial charge in [0.2, 0.25) is 11.6 Å². The number of rotatable bonds is 4. The Morgan fingerprint density at radius 2 is 1.13 bits per heavy atom. The number of benzene rings is 2. The number of nitrogens with one attached hydrogen (secondary N) is 1. The molecule has 52 heavy (non-hydrogen) atoms. The smallest absolute Gasteiger partial charge is 0.236 e. The summed E-state index contributed by atoms with van der Waals surface area (Å²) in [6.45, 7) is 10.9. The molecule has 0 saturated carbocycles. The summed E-state index contributed by atoms with van der Waals surface area (Å²) in [5.41, 5.74) is 6.45. The third-order valence-electron chi connectivity index (χ3n) is 9.63. The van der Waals surface area contributed by atoms with E-state index < -0.39 is 12.3 Å². The van der Waals surface area contributed by atoms with Gasteiger partial charge in [0.1, 0.15) is 24.0 Å². The monoisotopic (exact) mass is 707 g/mol. The Morgan fingerprint density at radius 1 is 0.615 bits per heavy atom. The molecule has 6 aromatic rings. The van der Waals surface area contributed by atoms with E-state index in [-0.39, 0.29) is 0 Å². The zero-order chi connectivity index (χ0) is 35.9. The average Bonchev–Trinajstić information content (AvgIpc) is 3.81. The van der Waals surface area contributed by atoms with E-state index >= 15 is 0 Å². The van der Waals surface area contributed by atoms with Crippen molar-refractivity contribution in [3.05, 3.63) is 96.6 Å². The molecular formula is C40H47F2N9O. The molecule has 4 aromatic heterocycles. The van der Waals surface area contributed by atoms with Gasteiger partial charge in [-0.15, -0.1) is 0 Å². The van der Waals surface area contributed by atoms with Crippen molar-refractivity contribution in [1.29, 1.82) is 0 Å². The molecule has 0 amide bonds. The summed E-state index contributed by atoms with van der Waals surface area (Å²) in [4.78, 5) is 22.8. The van der Waals surface area contributed by atoms with Gasteiger partial charge in [-0.1, -0.05) is 53.6 Å². The lowest BCUT2D eigenvalue weighted by molar-refractivity contribution is 0.109. The first-order chi connectivity index (χ1) is 25.4. The topological polar surface area (TPSA) is 88.1 Å². The van der Waals surface area contributed by atoms with Crippen molar-refractivity contribution in [1.82, 2.24) is 34.1 Å². The van der Waals surface area contributed by atoms with Gasteiger partial charge in [-0.25, -0.2) is 18.7 Å². The predicted octanol–water partition coefficient (Wildman–Crippen LogP) is 6.89. The summed E-state index contributed by atoms with van der Waals surface area (Å²) in [5, 5.41) is 3.16. The van der Waals surface area contributed by atoms with E-state index in [2.05, 4.69) is 91.4 Å². The average molecular weight is 708 g/mol. The number of morpholine rings is 1. The van der Waals surface area contributed by atoms with Gasteiger partial charge in [0.25, 0.3) is 0 Å². The van der Waals surface area contributed by atoms with Crippen LogP contribution in [-0.4, -0.2) is 93.6 Å². The number of ether oxygens (including phenoxy) is 1. The van der Waals surface area contributed by atoms with Crippen LogP contribution in [0.1, 0.15) is 36.8 Å².